The van der Waals surface area contributed by atoms with Crippen LogP contribution in [0.15, 0.2) is 54.8 Å². The molecule has 1 aromatic rings. The van der Waals surface area contributed by atoms with E-state index in [9.17, 15) is 14.7 Å². The first kappa shape index (κ1) is 24.0. The fourth-order valence-corrected chi connectivity index (χ4v) is 4.27. The van der Waals surface area contributed by atoms with Crippen LogP contribution in [0.5, 0.6) is 0 Å². The third-order valence-corrected chi connectivity index (χ3v) is 5.74. The number of aryl methyl sites for hydroxylation is 1. The van der Waals surface area contributed by atoms with Gasteiger partial charge in [0.25, 0.3) is 0 Å². The molecule has 0 aromatic heterocycles. The molecule has 1 aromatic carbocycles. The maximum atomic E-state index is 13.0. The smallest absolute Gasteiger partial charge is 0.338 e. The molecule has 2 N–H and O–H groups in total. The molecule has 32 heavy (non-hydrogen) atoms. The molecule has 2 bridgehead atoms. The highest BCUT2D eigenvalue weighted by atomic mass is 16.5. The van der Waals surface area contributed by atoms with Gasteiger partial charge in [-0.15, -0.1) is 0 Å². The maximum absolute atomic E-state index is 13.0. The van der Waals surface area contributed by atoms with Crippen molar-refractivity contribution in [3.63, 3.8) is 0 Å². The van der Waals surface area contributed by atoms with Gasteiger partial charge in [-0.25, -0.2) is 4.79 Å². The summed E-state index contributed by atoms with van der Waals surface area (Å²) in [6.07, 6.45) is 12.7. The van der Waals surface area contributed by atoms with E-state index in [0.29, 0.717) is 37.7 Å². The molecule has 172 valence electrons. The highest BCUT2D eigenvalue weighted by Crippen LogP contribution is 2.30. The Kier molecular flexibility index (Phi) is 8.82. The topological polar surface area (TPSA) is 84.9 Å². The van der Waals surface area contributed by atoms with E-state index in [-0.39, 0.29) is 24.1 Å². The Morgan fingerprint density at radius 2 is 2.00 bits per heavy atom. The second kappa shape index (κ2) is 11.8. The molecule has 0 unspecified atom stereocenters. The van der Waals surface area contributed by atoms with Crippen LogP contribution >= 0.6 is 0 Å². The zero-order valence-electron chi connectivity index (χ0n) is 18.8. The summed E-state index contributed by atoms with van der Waals surface area (Å²) in [7, 11) is 0. The van der Waals surface area contributed by atoms with Crippen LogP contribution in [0.25, 0.3) is 0 Å². The zero-order valence-corrected chi connectivity index (χ0v) is 18.8. The van der Waals surface area contributed by atoms with Gasteiger partial charge < -0.3 is 19.9 Å². The number of carbonyl (C=O) groups excluding carboxylic acids is 2. The summed E-state index contributed by atoms with van der Waals surface area (Å²) in [5.41, 5.74) is 2.34. The molecule has 6 nitrogen and oxygen atoms in total. The van der Waals surface area contributed by atoms with Gasteiger partial charge in [0.05, 0.1) is 23.9 Å². The molecule has 1 amide bonds. The molecule has 3 rings (SSSR count). The highest BCUT2D eigenvalue weighted by molar-refractivity contribution is 5.93. The normalized spacial score (nSPS) is 26.3. The van der Waals surface area contributed by atoms with Gasteiger partial charge in [-0.05, 0) is 43.7 Å². The Balaban J connectivity index is 1.70. The number of aliphatic hydroxyl groups is 1. The van der Waals surface area contributed by atoms with Crippen molar-refractivity contribution in [1.82, 2.24) is 5.32 Å². The van der Waals surface area contributed by atoms with E-state index in [4.69, 9.17) is 9.47 Å². The lowest BCUT2D eigenvalue weighted by molar-refractivity contribution is -0.115. The lowest BCUT2D eigenvalue weighted by Gasteiger charge is -2.36. The highest BCUT2D eigenvalue weighted by Gasteiger charge is 2.33. The van der Waals surface area contributed by atoms with Gasteiger partial charge in [-0.3, -0.25) is 4.79 Å². The minimum Gasteiger partial charge on any atom is -0.458 e. The van der Waals surface area contributed by atoms with Gasteiger partial charge in [0.15, 0.2) is 0 Å². The van der Waals surface area contributed by atoms with E-state index in [0.717, 1.165) is 17.5 Å². The number of benzene rings is 1. The van der Waals surface area contributed by atoms with E-state index in [2.05, 4.69) is 5.32 Å². The van der Waals surface area contributed by atoms with Crippen molar-refractivity contribution in [2.75, 3.05) is 0 Å². The van der Waals surface area contributed by atoms with Crippen molar-refractivity contribution >= 4 is 11.9 Å². The Bertz CT molecular complexity index is 888. The SMILES string of the molecule is CC/C=C\C=C/C(=O)N/C=C/C[C@H]1C[C@H]2C[C@H](O)C[C@H](Cc3cccc(C)c3C(=O)O1)O2. The first-order valence-corrected chi connectivity index (χ1v) is 11.4. The number of hydrogen-bond acceptors (Lipinski definition) is 5. The minimum absolute atomic E-state index is 0.126. The fourth-order valence-electron chi connectivity index (χ4n) is 4.27. The van der Waals surface area contributed by atoms with E-state index in [1.807, 2.05) is 44.2 Å². The Hall–Kier alpha value is -2.70. The molecule has 6 heteroatoms. The predicted molar refractivity (Wildman–Crippen MR) is 123 cm³/mol. The second-order valence-corrected chi connectivity index (χ2v) is 8.42. The van der Waals surface area contributed by atoms with Crippen LogP contribution in [0, 0.1) is 6.92 Å². The van der Waals surface area contributed by atoms with Gasteiger partial charge in [-0.1, -0.05) is 49.4 Å². The van der Waals surface area contributed by atoms with E-state index >= 15 is 0 Å². The lowest BCUT2D eigenvalue weighted by atomic mass is 9.90. The van der Waals surface area contributed by atoms with Crippen LogP contribution in [0.2, 0.25) is 0 Å². The lowest BCUT2D eigenvalue weighted by Crippen LogP contribution is -2.40. The molecule has 1 saturated heterocycles. The van der Waals surface area contributed by atoms with Crippen LogP contribution in [-0.2, 0) is 20.7 Å². The van der Waals surface area contributed by atoms with E-state index < -0.39 is 12.2 Å². The van der Waals surface area contributed by atoms with Crippen molar-refractivity contribution in [2.45, 2.75) is 76.8 Å². The summed E-state index contributed by atoms with van der Waals surface area (Å²) in [6.45, 7) is 3.93. The number of esters is 1. The Morgan fingerprint density at radius 3 is 2.81 bits per heavy atom. The molecule has 0 saturated carbocycles. The number of aliphatic hydroxyl groups excluding tert-OH is 1. The number of nitrogens with one attached hydrogen (secondary N) is 1. The van der Waals surface area contributed by atoms with Crippen LogP contribution in [-0.4, -0.2) is 41.4 Å². The van der Waals surface area contributed by atoms with Gasteiger partial charge in [0.1, 0.15) is 6.10 Å². The average molecular weight is 440 g/mol. The molecule has 2 aliphatic heterocycles. The molecule has 0 aliphatic carbocycles. The molecule has 2 aliphatic rings. The summed E-state index contributed by atoms with van der Waals surface area (Å²) in [4.78, 5) is 24.9. The van der Waals surface area contributed by atoms with Gasteiger partial charge in [0, 0.05) is 25.1 Å². The molecule has 0 radical (unpaired) electrons. The first-order valence-electron chi connectivity index (χ1n) is 11.4. The van der Waals surface area contributed by atoms with Crippen molar-refractivity contribution in [1.29, 1.82) is 0 Å². The quantitative estimate of drug-likeness (QED) is 0.399. The monoisotopic (exact) mass is 439 g/mol. The number of rotatable bonds is 6. The Morgan fingerprint density at radius 1 is 1.19 bits per heavy atom. The fraction of sp³-hybridized carbons (Fsp3) is 0.462. The average Bonchev–Trinajstić information content (AvgIpc) is 2.73. The van der Waals surface area contributed by atoms with Crippen LogP contribution in [0.3, 0.4) is 0 Å². The summed E-state index contributed by atoms with van der Waals surface area (Å²) < 4.78 is 12.1. The van der Waals surface area contributed by atoms with Crippen LogP contribution in [0.4, 0.5) is 0 Å². The Labute approximate surface area is 190 Å². The van der Waals surface area contributed by atoms with Crippen molar-refractivity contribution < 1.29 is 24.2 Å². The van der Waals surface area contributed by atoms with E-state index in [1.165, 1.54) is 6.08 Å². The molecule has 0 spiro atoms. The maximum Gasteiger partial charge on any atom is 0.338 e. The standard InChI is InChI=1S/C26H33NO5/c1-3-4-5-6-12-24(29)27-13-8-11-21-17-23-16-20(28)15-22(31-23)14-19-10-7-9-18(2)25(19)26(30)32-21/h4-10,12-13,20-23,28H,3,11,14-17H2,1-2H3,(H,27,29)/b5-4-,12-6-,13-8+/t20-,21+,22+,23-/m1/s1. The zero-order chi connectivity index (χ0) is 22.9. The van der Waals surface area contributed by atoms with Gasteiger partial charge >= 0.3 is 5.97 Å². The predicted octanol–water partition coefficient (Wildman–Crippen LogP) is 3.92. The first-order chi connectivity index (χ1) is 15.5. The number of amides is 1. The van der Waals surface area contributed by atoms with Crippen LogP contribution < -0.4 is 5.32 Å². The molecule has 1 fully saturated rings. The summed E-state index contributed by atoms with van der Waals surface area (Å²) in [6, 6.07) is 5.76. The van der Waals surface area contributed by atoms with Crippen molar-refractivity contribution in [3.8, 4) is 0 Å². The molecule has 2 heterocycles. The third kappa shape index (κ3) is 6.90. The number of carbonyl (C=O) groups is 2. The molecular weight excluding hydrogens is 406 g/mol. The van der Waals surface area contributed by atoms with Crippen molar-refractivity contribution in [2.24, 2.45) is 0 Å². The number of cyclic esters (lactones) is 1. The van der Waals surface area contributed by atoms with Gasteiger partial charge in [-0.2, -0.15) is 0 Å². The largest absolute Gasteiger partial charge is 0.458 e. The van der Waals surface area contributed by atoms with Crippen molar-refractivity contribution in [3.05, 3.63) is 71.5 Å². The minimum atomic E-state index is -0.425. The van der Waals surface area contributed by atoms with Gasteiger partial charge in [0.2, 0.25) is 5.91 Å². The number of fused-ring (bicyclic) bond motifs is 3. The summed E-state index contributed by atoms with van der Waals surface area (Å²) in [5.74, 6) is -0.553. The van der Waals surface area contributed by atoms with E-state index in [1.54, 1.807) is 18.4 Å². The summed E-state index contributed by atoms with van der Waals surface area (Å²) in [5, 5.41) is 13.0. The molecule has 4 atom stereocenters. The number of hydrogen-bond donors (Lipinski definition) is 2. The molecular formula is C26H33NO5. The third-order valence-electron chi connectivity index (χ3n) is 5.74. The number of ether oxygens (including phenoxy) is 2. The summed E-state index contributed by atoms with van der Waals surface area (Å²) >= 11 is 0. The van der Waals surface area contributed by atoms with Crippen LogP contribution in [0.1, 0.15) is 60.5 Å². The number of allylic oxidation sites excluding steroid dienone is 3. The second-order valence-electron chi connectivity index (χ2n) is 8.42.